The van der Waals surface area contributed by atoms with Crippen LogP contribution in [0.1, 0.15) is 128 Å². The Morgan fingerprint density at radius 1 is 0.625 bits per heavy atom. The topological polar surface area (TPSA) is 111 Å². The first kappa shape index (κ1) is 36.4. The molecule has 1 atom stereocenters. The van der Waals surface area contributed by atoms with E-state index in [2.05, 4.69) is 24.5 Å². The van der Waals surface area contributed by atoms with E-state index in [4.69, 9.17) is 9.47 Å². The van der Waals surface area contributed by atoms with Crippen molar-refractivity contribution >= 4 is 23.8 Å². The highest BCUT2D eigenvalue weighted by Crippen LogP contribution is 2.22. The van der Waals surface area contributed by atoms with Crippen LogP contribution in [0.25, 0.3) is 0 Å². The first-order valence-corrected chi connectivity index (χ1v) is 17.6. The van der Waals surface area contributed by atoms with E-state index in [1.807, 2.05) is 36.4 Å². The zero-order valence-corrected chi connectivity index (χ0v) is 28.5. The number of esters is 2. The smallest absolute Gasteiger partial charge is 0.311 e. The molecule has 0 radical (unpaired) electrons. The average molecular weight is 655 g/mol. The van der Waals surface area contributed by atoms with Crippen LogP contribution in [0.15, 0.2) is 66.7 Å². The lowest BCUT2D eigenvalue weighted by Crippen LogP contribution is -2.26. The fourth-order valence-electron chi connectivity index (χ4n) is 5.88. The molecular formula is C40H50N2O6. The van der Waals surface area contributed by atoms with Crippen LogP contribution in [-0.2, 0) is 29.1 Å². The van der Waals surface area contributed by atoms with Gasteiger partial charge in [-0.1, -0.05) is 89.5 Å². The molecule has 0 saturated carbocycles. The second kappa shape index (κ2) is 19.4. The maximum Gasteiger partial charge on any atom is 0.311 e. The van der Waals surface area contributed by atoms with Gasteiger partial charge in [0.05, 0.1) is 0 Å². The summed E-state index contributed by atoms with van der Waals surface area (Å²) in [5.74, 6) is 0.336. The van der Waals surface area contributed by atoms with Crippen molar-refractivity contribution in [2.75, 3.05) is 0 Å². The van der Waals surface area contributed by atoms with Gasteiger partial charge in [-0.3, -0.25) is 19.2 Å². The Kier molecular flexibility index (Phi) is 14.7. The second-order valence-electron chi connectivity index (χ2n) is 12.8. The monoisotopic (exact) mass is 654 g/mol. The number of carbonyl (C=O) groups excluding carboxylic acids is 4. The van der Waals surface area contributed by atoms with Crippen molar-refractivity contribution < 1.29 is 28.7 Å². The summed E-state index contributed by atoms with van der Waals surface area (Å²) in [7, 11) is 0. The summed E-state index contributed by atoms with van der Waals surface area (Å²) in [6.45, 7) is 4.95. The zero-order valence-electron chi connectivity index (χ0n) is 28.5. The van der Waals surface area contributed by atoms with Crippen LogP contribution in [0, 0.1) is 5.92 Å². The van der Waals surface area contributed by atoms with Gasteiger partial charge in [0.2, 0.25) is 0 Å². The van der Waals surface area contributed by atoms with Crippen LogP contribution >= 0.6 is 0 Å². The molecule has 4 heterocycles. The van der Waals surface area contributed by atoms with Crippen LogP contribution in [0.2, 0.25) is 0 Å². The molecule has 7 rings (SSSR count). The number of hydrogen-bond acceptors (Lipinski definition) is 6. The number of carbonyl (C=O) groups is 4. The second-order valence-corrected chi connectivity index (χ2v) is 12.8. The summed E-state index contributed by atoms with van der Waals surface area (Å²) in [5.41, 5.74) is 3.56. The van der Waals surface area contributed by atoms with E-state index in [1.165, 1.54) is 0 Å². The van der Waals surface area contributed by atoms with Gasteiger partial charge in [0, 0.05) is 37.1 Å². The molecule has 1 unspecified atom stereocenters. The molecule has 0 fully saturated rings. The van der Waals surface area contributed by atoms with E-state index in [0.717, 1.165) is 87.3 Å². The molecule has 3 aromatic rings. The Morgan fingerprint density at radius 2 is 1.08 bits per heavy atom. The third-order valence-corrected chi connectivity index (χ3v) is 8.81. The van der Waals surface area contributed by atoms with Crippen molar-refractivity contribution in [2.45, 2.75) is 110 Å². The van der Waals surface area contributed by atoms with Crippen LogP contribution < -0.4 is 20.1 Å². The summed E-state index contributed by atoms with van der Waals surface area (Å²) < 4.78 is 11.0. The zero-order chi connectivity index (χ0) is 34.1. The summed E-state index contributed by atoms with van der Waals surface area (Å²) in [6, 6.07) is 19.7. The largest absolute Gasteiger partial charge is 0.427 e. The molecule has 8 nitrogen and oxygen atoms in total. The molecule has 48 heavy (non-hydrogen) atoms. The molecule has 0 aliphatic carbocycles. The SMILES string of the molecule is CCCCC(CC)Cc1cc2cc(c1)C(=O)NCc1ccc(cc1)OC(=O)CCCCCCCCC(=O)Oc1ccc(cc1)CNC2=O. The molecule has 2 N–H and O–H groups in total. The quantitative estimate of drug-likeness (QED) is 0.205. The minimum atomic E-state index is -0.268. The summed E-state index contributed by atoms with van der Waals surface area (Å²) in [6.07, 6.45) is 11.2. The Labute approximate surface area is 285 Å². The van der Waals surface area contributed by atoms with Gasteiger partial charge in [-0.25, -0.2) is 0 Å². The highest BCUT2D eigenvalue weighted by Gasteiger charge is 2.16. The standard InChI is InChI=1S/C40H50N2O6/c1-3-5-12-29(4-2)23-32-24-33-26-34(25-32)40(46)42-28-31-17-21-36(22-18-31)48-38(44)14-11-9-7-6-8-10-13-37(43)47-35-19-15-30(16-20-35)27-41-39(33)45/h15-22,24-26,29H,3-14,23,27-28H2,1-2H3,(H,41,45)(H,42,46). The lowest BCUT2D eigenvalue weighted by molar-refractivity contribution is -0.135. The van der Waals surface area contributed by atoms with Gasteiger partial charge < -0.3 is 20.1 Å². The summed E-state index contributed by atoms with van der Waals surface area (Å²) >= 11 is 0. The van der Waals surface area contributed by atoms with Crippen LogP contribution in [-0.4, -0.2) is 23.8 Å². The fraction of sp³-hybridized carbons (Fsp3) is 0.450. The number of ether oxygens (including phenoxy) is 2. The first-order valence-electron chi connectivity index (χ1n) is 17.6. The molecule has 6 bridgehead atoms. The van der Waals surface area contributed by atoms with Crippen molar-refractivity contribution in [1.29, 1.82) is 0 Å². The molecular weight excluding hydrogens is 604 g/mol. The van der Waals surface area contributed by atoms with Gasteiger partial charge >= 0.3 is 11.9 Å². The van der Waals surface area contributed by atoms with Crippen molar-refractivity contribution in [3.05, 3.63) is 94.5 Å². The molecule has 0 saturated heterocycles. The number of unbranched alkanes of at least 4 members (excludes halogenated alkanes) is 1. The van der Waals surface area contributed by atoms with Gasteiger partial charge in [-0.05, 0) is 84.3 Å². The van der Waals surface area contributed by atoms with E-state index < -0.39 is 0 Å². The van der Waals surface area contributed by atoms with Crippen molar-refractivity contribution in [3.63, 3.8) is 0 Å². The van der Waals surface area contributed by atoms with Gasteiger partial charge in [0.25, 0.3) is 11.8 Å². The third-order valence-electron chi connectivity index (χ3n) is 8.81. The molecule has 4 aliphatic heterocycles. The van der Waals surface area contributed by atoms with Gasteiger partial charge in [0.1, 0.15) is 11.5 Å². The van der Waals surface area contributed by atoms with E-state index in [9.17, 15) is 19.2 Å². The average Bonchev–Trinajstić information content (AvgIpc) is 3.09. The molecule has 0 aromatic heterocycles. The summed E-state index contributed by atoms with van der Waals surface area (Å²) in [4.78, 5) is 51.5. The Bertz CT molecular complexity index is 1400. The van der Waals surface area contributed by atoms with Gasteiger partial charge in [0.15, 0.2) is 0 Å². The van der Waals surface area contributed by atoms with E-state index in [0.29, 0.717) is 41.4 Å². The lowest BCUT2D eigenvalue weighted by atomic mass is 9.90. The number of hydrogen-bond donors (Lipinski definition) is 2. The maximum atomic E-state index is 13.4. The van der Waals surface area contributed by atoms with Gasteiger partial charge in [-0.15, -0.1) is 0 Å². The molecule has 256 valence electrons. The van der Waals surface area contributed by atoms with Crippen LogP contribution in [0.4, 0.5) is 0 Å². The molecule has 2 amide bonds. The van der Waals surface area contributed by atoms with Crippen LogP contribution in [0.3, 0.4) is 0 Å². The molecule has 3 aromatic carbocycles. The molecule has 4 aliphatic rings. The highest BCUT2D eigenvalue weighted by molar-refractivity contribution is 6.00. The van der Waals surface area contributed by atoms with Crippen molar-refractivity contribution in [2.24, 2.45) is 5.92 Å². The molecule has 0 spiro atoms. The van der Waals surface area contributed by atoms with Gasteiger partial charge in [-0.2, -0.15) is 0 Å². The highest BCUT2D eigenvalue weighted by atomic mass is 16.5. The predicted molar refractivity (Wildman–Crippen MR) is 187 cm³/mol. The summed E-state index contributed by atoms with van der Waals surface area (Å²) in [5, 5.41) is 5.96. The number of amides is 2. The predicted octanol–water partition coefficient (Wildman–Crippen LogP) is 8.25. The lowest BCUT2D eigenvalue weighted by Gasteiger charge is -2.16. The Balaban J connectivity index is 1.52. The van der Waals surface area contributed by atoms with E-state index >= 15 is 0 Å². The Hall–Kier alpha value is -4.46. The maximum absolute atomic E-state index is 13.4. The number of benzene rings is 3. The van der Waals surface area contributed by atoms with Crippen LogP contribution in [0.5, 0.6) is 11.5 Å². The molecule has 8 heteroatoms. The Morgan fingerprint density at radius 3 is 1.52 bits per heavy atom. The number of nitrogens with one attached hydrogen (secondary N) is 2. The first-order chi connectivity index (χ1) is 23.3. The van der Waals surface area contributed by atoms with Crippen molar-refractivity contribution in [1.82, 2.24) is 10.6 Å². The fourth-order valence-corrected chi connectivity index (χ4v) is 5.88. The van der Waals surface area contributed by atoms with E-state index in [-0.39, 0.29) is 36.8 Å². The minimum Gasteiger partial charge on any atom is -0.427 e. The van der Waals surface area contributed by atoms with E-state index in [1.54, 1.807) is 30.3 Å². The minimum absolute atomic E-state index is 0.267. The number of rotatable bonds is 6. The normalized spacial score (nSPS) is 16.5. The third kappa shape index (κ3) is 12.3. The van der Waals surface area contributed by atoms with Crippen molar-refractivity contribution in [3.8, 4) is 11.5 Å².